The van der Waals surface area contributed by atoms with Gasteiger partial charge in [-0.05, 0) is 18.6 Å². The van der Waals surface area contributed by atoms with Crippen molar-refractivity contribution >= 4 is 16.8 Å². The molecule has 1 N–H and O–H groups in total. The number of benzene rings is 1. The van der Waals surface area contributed by atoms with Crippen LogP contribution in [0.25, 0.3) is 10.9 Å². The van der Waals surface area contributed by atoms with Crippen molar-refractivity contribution in [2.24, 2.45) is 0 Å². The topological polar surface area (TPSA) is 84.4 Å². The van der Waals surface area contributed by atoms with Gasteiger partial charge in [0.25, 0.3) is 5.56 Å². The summed E-state index contributed by atoms with van der Waals surface area (Å²) in [6, 6.07) is 6.01. The van der Waals surface area contributed by atoms with E-state index in [0.29, 0.717) is 43.6 Å². The van der Waals surface area contributed by atoms with Crippen LogP contribution in [0.15, 0.2) is 33.9 Å². The van der Waals surface area contributed by atoms with Crippen LogP contribution in [0.3, 0.4) is 0 Å². The number of hydrogen-bond donors (Lipinski definition) is 1. The summed E-state index contributed by atoms with van der Waals surface area (Å²) in [7, 11) is 0. The summed E-state index contributed by atoms with van der Waals surface area (Å²) in [6.07, 6.45) is 0.373. The average Bonchev–Trinajstić information content (AvgIpc) is 2.59. The van der Waals surface area contributed by atoms with Gasteiger partial charge in [0.2, 0.25) is 5.91 Å². The van der Waals surface area contributed by atoms with E-state index < -0.39 is 17.3 Å². The highest BCUT2D eigenvalue weighted by atomic mass is 16.5. The smallest absolute Gasteiger partial charge is 0.329 e. The molecule has 1 fully saturated rings. The number of hydrogen-bond acceptors (Lipinski definition) is 4. The van der Waals surface area contributed by atoms with Gasteiger partial charge in [-0.3, -0.25) is 9.59 Å². The Morgan fingerprint density at radius 1 is 1.26 bits per heavy atom. The van der Waals surface area contributed by atoms with E-state index in [9.17, 15) is 14.4 Å². The van der Waals surface area contributed by atoms with Crippen molar-refractivity contribution in [2.75, 3.05) is 26.3 Å². The molecule has 0 aliphatic carbocycles. The van der Waals surface area contributed by atoms with Crippen molar-refractivity contribution in [3.05, 3.63) is 45.1 Å². The largest absolute Gasteiger partial charge is 0.378 e. The van der Waals surface area contributed by atoms with Gasteiger partial charge < -0.3 is 14.6 Å². The number of nitrogens with zero attached hydrogens (tertiary/aromatic N) is 2. The maximum atomic E-state index is 12.7. The molecule has 7 nitrogen and oxygen atoms in total. The molecule has 2 aromatic rings. The normalized spacial score (nSPS) is 16.5. The van der Waals surface area contributed by atoms with Crippen molar-refractivity contribution in [3.63, 3.8) is 0 Å². The minimum absolute atomic E-state index is 0.210. The van der Waals surface area contributed by atoms with Crippen LogP contribution in [-0.4, -0.2) is 46.7 Å². The van der Waals surface area contributed by atoms with Crippen LogP contribution in [-0.2, 0) is 9.53 Å². The van der Waals surface area contributed by atoms with Gasteiger partial charge in [0.15, 0.2) is 0 Å². The van der Waals surface area contributed by atoms with Crippen LogP contribution >= 0.6 is 0 Å². The van der Waals surface area contributed by atoms with Gasteiger partial charge in [-0.15, -0.1) is 0 Å². The minimum atomic E-state index is -0.797. The molecule has 1 aromatic heterocycles. The summed E-state index contributed by atoms with van der Waals surface area (Å²) in [4.78, 5) is 42.1. The third-order valence-corrected chi connectivity index (χ3v) is 4.14. The first kappa shape index (κ1) is 15.5. The van der Waals surface area contributed by atoms with Crippen LogP contribution in [0.1, 0.15) is 19.4 Å². The van der Waals surface area contributed by atoms with Gasteiger partial charge >= 0.3 is 5.69 Å². The molecule has 0 unspecified atom stereocenters. The molecule has 1 saturated heterocycles. The highest BCUT2D eigenvalue weighted by Gasteiger charge is 2.28. The van der Waals surface area contributed by atoms with Crippen molar-refractivity contribution in [1.29, 1.82) is 0 Å². The fraction of sp³-hybridized carbons (Fsp3) is 0.438. The average molecular weight is 317 g/mol. The second-order valence-electron chi connectivity index (χ2n) is 5.51. The monoisotopic (exact) mass is 317 g/mol. The Morgan fingerprint density at radius 3 is 2.65 bits per heavy atom. The van der Waals surface area contributed by atoms with Gasteiger partial charge in [-0.25, -0.2) is 9.36 Å². The Hall–Kier alpha value is -2.41. The lowest BCUT2D eigenvalue weighted by Gasteiger charge is -2.30. The molecule has 7 heteroatoms. The number of fused-ring (bicyclic) bond motifs is 1. The predicted octanol–water partition coefficient (Wildman–Crippen LogP) is 0.500. The van der Waals surface area contributed by atoms with Gasteiger partial charge in [-0.2, -0.15) is 0 Å². The zero-order chi connectivity index (χ0) is 16.4. The van der Waals surface area contributed by atoms with Gasteiger partial charge in [0, 0.05) is 13.1 Å². The molecule has 0 saturated carbocycles. The molecule has 0 radical (unpaired) electrons. The fourth-order valence-corrected chi connectivity index (χ4v) is 2.92. The van der Waals surface area contributed by atoms with Crippen LogP contribution in [0, 0.1) is 0 Å². The molecule has 122 valence electrons. The summed E-state index contributed by atoms with van der Waals surface area (Å²) >= 11 is 0. The van der Waals surface area contributed by atoms with Crippen LogP contribution in [0.5, 0.6) is 0 Å². The molecular formula is C16H19N3O4. The molecule has 1 aliphatic rings. The standard InChI is InChI=1S/C16H19N3O4/c1-2-13(15(21)18-7-9-23-10-8-18)19-14(20)11-5-3-4-6-12(11)17-16(19)22/h3-6,13H,2,7-10H2,1H3,(H,17,22)/t13-/m0/s1. The summed E-state index contributed by atoms with van der Waals surface area (Å²) in [6.45, 7) is 3.71. The Kier molecular flexibility index (Phi) is 4.29. The number of para-hydroxylation sites is 1. The van der Waals surface area contributed by atoms with E-state index in [1.807, 2.05) is 0 Å². The van der Waals surface area contributed by atoms with Gasteiger partial charge in [0.05, 0.1) is 24.1 Å². The van der Waals surface area contributed by atoms with E-state index in [1.165, 1.54) is 0 Å². The van der Waals surface area contributed by atoms with E-state index in [0.717, 1.165) is 4.57 Å². The third kappa shape index (κ3) is 2.79. The molecule has 2 heterocycles. The first-order chi connectivity index (χ1) is 11.1. The number of aromatic nitrogens is 2. The van der Waals surface area contributed by atoms with Crippen LogP contribution in [0.4, 0.5) is 0 Å². The number of H-pyrrole nitrogens is 1. The van der Waals surface area contributed by atoms with E-state index in [2.05, 4.69) is 4.98 Å². The molecule has 1 aliphatic heterocycles. The minimum Gasteiger partial charge on any atom is -0.378 e. The second-order valence-corrected chi connectivity index (χ2v) is 5.51. The zero-order valence-corrected chi connectivity index (χ0v) is 12.9. The van der Waals surface area contributed by atoms with Crippen LogP contribution in [0.2, 0.25) is 0 Å². The maximum absolute atomic E-state index is 12.7. The third-order valence-electron chi connectivity index (χ3n) is 4.14. The van der Waals surface area contributed by atoms with Crippen molar-refractivity contribution in [3.8, 4) is 0 Å². The predicted molar refractivity (Wildman–Crippen MR) is 85.6 cm³/mol. The zero-order valence-electron chi connectivity index (χ0n) is 12.9. The Labute approximate surface area is 132 Å². The Balaban J connectivity index is 2.07. The lowest BCUT2D eigenvalue weighted by atomic mass is 10.1. The molecule has 1 aromatic carbocycles. The molecule has 1 atom stereocenters. The number of rotatable bonds is 3. The van der Waals surface area contributed by atoms with E-state index >= 15 is 0 Å². The quantitative estimate of drug-likeness (QED) is 0.893. The highest BCUT2D eigenvalue weighted by Crippen LogP contribution is 2.14. The fourth-order valence-electron chi connectivity index (χ4n) is 2.92. The summed E-state index contributed by atoms with van der Waals surface area (Å²) in [5, 5.41) is 0.403. The number of nitrogens with one attached hydrogen (secondary N) is 1. The summed E-state index contributed by atoms with van der Waals surface area (Å²) in [5.74, 6) is -0.210. The van der Waals surface area contributed by atoms with E-state index in [-0.39, 0.29) is 5.91 Å². The molecular weight excluding hydrogens is 298 g/mol. The number of carbonyl (C=O) groups excluding carboxylic acids is 1. The van der Waals surface area contributed by atoms with Crippen LogP contribution < -0.4 is 11.2 Å². The number of carbonyl (C=O) groups is 1. The second kappa shape index (κ2) is 6.37. The van der Waals surface area contributed by atoms with Crippen molar-refractivity contribution in [2.45, 2.75) is 19.4 Å². The molecule has 3 rings (SSSR count). The number of ether oxygens (including phenoxy) is 1. The molecule has 23 heavy (non-hydrogen) atoms. The summed E-state index contributed by atoms with van der Waals surface area (Å²) < 4.78 is 6.29. The first-order valence-electron chi connectivity index (χ1n) is 7.73. The number of morpholine rings is 1. The Bertz CT molecular complexity index is 833. The molecule has 0 spiro atoms. The number of aromatic amines is 1. The summed E-state index contributed by atoms with van der Waals surface area (Å²) in [5.41, 5.74) is -0.507. The maximum Gasteiger partial charge on any atom is 0.329 e. The van der Waals surface area contributed by atoms with Crippen molar-refractivity contribution < 1.29 is 9.53 Å². The highest BCUT2D eigenvalue weighted by molar-refractivity contribution is 5.82. The van der Waals surface area contributed by atoms with E-state index in [4.69, 9.17) is 4.74 Å². The molecule has 0 bridgehead atoms. The van der Waals surface area contributed by atoms with E-state index in [1.54, 1.807) is 36.1 Å². The Morgan fingerprint density at radius 2 is 1.96 bits per heavy atom. The lowest BCUT2D eigenvalue weighted by molar-refractivity contribution is -0.139. The van der Waals surface area contributed by atoms with Gasteiger partial charge in [0.1, 0.15) is 6.04 Å². The van der Waals surface area contributed by atoms with Gasteiger partial charge in [-0.1, -0.05) is 19.1 Å². The first-order valence-corrected chi connectivity index (χ1v) is 7.73. The SMILES string of the molecule is CC[C@@H](C(=O)N1CCOCC1)n1c(=O)[nH]c2ccccc2c1=O. The molecule has 1 amide bonds. The number of amides is 1. The van der Waals surface area contributed by atoms with Crippen molar-refractivity contribution in [1.82, 2.24) is 14.5 Å². The lowest BCUT2D eigenvalue weighted by Crippen LogP contribution is -2.48.